The fourth-order valence-corrected chi connectivity index (χ4v) is 4.16. The third-order valence-electron chi connectivity index (χ3n) is 4.57. The van der Waals surface area contributed by atoms with Crippen molar-refractivity contribution in [2.75, 3.05) is 25.4 Å². The van der Waals surface area contributed by atoms with Crippen LogP contribution in [0.1, 0.15) is 26.3 Å². The maximum atomic E-state index is 12.3. The highest BCUT2D eigenvalue weighted by Crippen LogP contribution is 2.38. The summed E-state index contributed by atoms with van der Waals surface area (Å²) in [7, 11) is -3.49. The van der Waals surface area contributed by atoms with Crippen molar-refractivity contribution in [3.8, 4) is 17.2 Å². The van der Waals surface area contributed by atoms with Gasteiger partial charge in [0, 0.05) is 24.7 Å². The lowest BCUT2D eigenvalue weighted by atomic mass is 9.86. The third kappa shape index (κ3) is 4.40. The molecule has 0 aliphatic heterocycles. The zero-order valence-electron chi connectivity index (χ0n) is 17.3. The molecule has 0 bridgehead atoms. The molecule has 0 aliphatic rings. The Morgan fingerprint density at radius 3 is 2.40 bits per heavy atom. The van der Waals surface area contributed by atoms with E-state index < -0.39 is 9.84 Å². The average molecular weight is 434 g/mol. The quantitative estimate of drug-likeness (QED) is 0.508. The van der Waals surface area contributed by atoms with Crippen LogP contribution in [0, 0.1) is 0 Å². The number of phenolic OH excluding ortho intramolecular Hbond substituents is 1. The number of aromatic nitrogens is 3. The summed E-state index contributed by atoms with van der Waals surface area (Å²) >= 11 is 0. The molecule has 0 fully saturated rings. The van der Waals surface area contributed by atoms with Crippen molar-refractivity contribution in [3.63, 3.8) is 0 Å². The molecule has 5 N–H and O–H groups in total. The smallest absolute Gasteiger partial charge is 0.179 e. The molecule has 0 radical (unpaired) electrons. The van der Waals surface area contributed by atoms with Crippen molar-refractivity contribution in [2.24, 2.45) is 11.5 Å². The molecule has 1 heterocycles. The third-order valence-corrected chi connectivity index (χ3v) is 6.32. The van der Waals surface area contributed by atoms with Gasteiger partial charge in [-0.3, -0.25) is 0 Å². The predicted octanol–water partition coefficient (Wildman–Crippen LogP) is 1.49. The van der Waals surface area contributed by atoms with Gasteiger partial charge in [-0.1, -0.05) is 20.8 Å². The molecular weight excluding hydrogens is 406 g/mol. The fourth-order valence-electron chi connectivity index (χ4n) is 3.05. The Labute approximate surface area is 175 Å². The van der Waals surface area contributed by atoms with Gasteiger partial charge in [-0.15, -0.1) is 15.0 Å². The van der Waals surface area contributed by atoms with Gasteiger partial charge < -0.3 is 21.3 Å². The number of phenols is 1. The minimum atomic E-state index is -3.49. The van der Waals surface area contributed by atoms with Gasteiger partial charge in [0.2, 0.25) is 0 Å². The number of nitrogens with zero attached hydrogens (tertiary/aromatic N) is 3. The SMILES string of the molecule is CC(C)(C)c1cc(OCCN)cc(-n2nc3ccc(S(=O)(=O)CCN)cc3n2)c1O. The van der Waals surface area contributed by atoms with E-state index in [-0.39, 0.29) is 28.4 Å². The van der Waals surface area contributed by atoms with E-state index in [1.807, 2.05) is 20.8 Å². The highest BCUT2D eigenvalue weighted by molar-refractivity contribution is 7.91. The molecule has 0 unspecified atom stereocenters. The molecule has 2 aromatic carbocycles. The van der Waals surface area contributed by atoms with Crippen LogP contribution in [0.25, 0.3) is 16.7 Å². The number of benzene rings is 2. The van der Waals surface area contributed by atoms with E-state index in [2.05, 4.69) is 10.2 Å². The number of aromatic hydroxyl groups is 1. The van der Waals surface area contributed by atoms with Gasteiger partial charge in [0.15, 0.2) is 9.84 Å². The van der Waals surface area contributed by atoms with E-state index in [0.29, 0.717) is 41.2 Å². The zero-order valence-corrected chi connectivity index (χ0v) is 18.1. The summed E-state index contributed by atoms with van der Waals surface area (Å²) in [5.74, 6) is 0.410. The highest BCUT2D eigenvalue weighted by Gasteiger charge is 2.24. The minimum Gasteiger partial charge on any atom is -0.505 e. The topological polar surface area (TPSA) is 146 Å². The van der Waals surface area contributed by atoms with E-state index in [1.165, 1.54) is 16.9 Å². The van der Waals surface area contributed by atoms with Crippen LogP contribution in [0.4, 0.5) is 0 Å². The number of rotatable bonds is 7. The molecule has 0 spiro atoms. The summed E-state index contributed by atoms with van der Waals surface area (Å²) in [6, 6.07) is 7.92. The van der Waals surface area contributed by atoms with Crippen molar-refractivity contribution in [2.45, 2.75) is 31.1 Å². The van der Waals surface area contributed by atoms with Gasteiger partial charge in [-0.2, -0.15) is 0 Å². The monoisotopic (exact) mass is 433 g/mol. The number of hydrogen-bond acceptors (Lipinski definition) is 8. The Morgan fingerprint density at radius 2 is 1.77 bits per heavy atom. The Hall–Kier alpha value is -2.69. The molecule has 0 atom stereocenters. The van der Waals surface area contributed by atoms with Crippen LogP contribution in [0.5, 0.6) is 11.5 Å². The predicted molar refractivity (Wildman–Crippen MR) is 115 cm³/mol. The number of ether oxygens (including phenoxy) is 1. The lowest BCUT2D eigenvalue weighted by molar-refractivity contribution is 0.325. The van der Waals surface area contributed by atoms with Crippen LogP contribution in [0.2, 0.25) is 0 Å². The van der Waals surface area contributed by atoms with Crippen LogP contribution in [0.3, 0.4) is 0 Å². The van der Waals surface area contributed by atoms with E-state index in [9.17, 15) is 13.5 Å². The lowest BCUT2D eigenvalue weighted by Crippen LogP contribution is -2.15. The Morgan fingerprint density at radius 1 is 1.07 bits per heavy atom. The van der Waals surface area contributed by atoms with Crippen molar-refractivity contribution < 1.29 is 18.3 Å². The first-order valence-corrected chi connectivity index (χ1v) is 11.2. The van der Waals surface area contributed by atoms with E-state index in [0.717, 1.165) is 0 Å². The summed E-state index contributed by atoms with van der Waals surface area (Å²) < 4.78 is 30.3. The van der Waals surface area contributed by atoms with Crippen LogP contribution in [-0.2, 0) is 15.3 Å². The molecule has 0 saturated heterocycles. The fraction of sp³-hybridized carbons (Fsp3) is 0.400. The van der Waals surface area contributed by atoms with Gasteiger partial charge in [0.1, 0.15) is 34.8 Å². The molecule has 3 aromatic rings. The molecule has 0 aliphatic carbocycles. The first-order chi connectivity index (χ1) is 14.1. The number of sulfone groups is 1. The van der Waals surface area contributed by atoms with Crippen LogP contribution in [0.15, 0.2) is 35.2 Å². The second-order valence-electron chi connectivity index (χ2n) is 7.97. The van der Waals surface area contributed by atoms with Crippen molar-refractivity contribution in [1.29, 1.82) is 0 Å². The van der Waals surface area contributed by atoms with Gasteiger partial charge in [-0.25, -0.2) is 8.42 Å². The second kappa shape index (κ2) is 8.21. The van der Waals surface area contributed by atoms with Crippen LogP contribution in [-0.4, -0.2) is 54.0 Å². The number of nitrogens with two attached hydrogens (primary N) is 2. The number of fused-ring (bicyclic) bond motifs is 1. The summed E-state index contributed by atoms with van der Waals surface area (Å²) in [6.07, 6.45) is 0. The minimum absolute atomic E-state index is 0.0267. The lowest BCUT2D eigenvalue weighted by Gasteiger charge is -2.23. The first-order valence-electron chi connectivity index (χ1n) is 9.57. The first kappa shape index (κ1) is 22.0. The Balaban J connectivity index is 2.14. The van der Waals surface area contributed by atoms with Gasteiger partial charge >= 0.3 is 0 Å². The molecule has 9 nitrogen and oxygen atoms in total. The molecular formula is C20H27N5O4S. The zero-order chi connectivity index (χ0) is 22.1. The summed E-state index contributed by atoms with van der Waals surface area (Å²) in [6.45, 7) is 6.63. The van der Waals surface area contributed by atoms with Crippen molar-refractivity contribution in [3.05, 3.63) is 35.9 Å². The Bertz CT molecular complexity index is 1170. The maximum Gasteiger partial charge on any atom is 0.179 e. The Kier molecular flexibility index (Phi) is 6.02. The normalized spacial score (nSPS) is 12.4. The standard InChI is InChI=1S/C20H27N5O4S/c1-20(2,3)15-10-13(29-8-6-21)11-18(19(15)26)25-23-16-5-4-14(12-17(16)24-25)30(27,28)9-7-22/h4-5,10-12,26H,6-9,21-22H2,1-3H3. The molecule has 10 heteroatoms. The van der Waals surface area contributed by atoms with Gasteiger partial charge in [0.05, 0.1) is 10.6 Å². The number of hydrogen-bond donors (Lipinski definition) is 3. The second-order valence-corrected chi connectivity index (χ2v) is 10.1. The van der Waals surface area contributed by atoms with Gasteiger partial charge in [-0.05, 0) is 29.7 Å². The molecule has 0 saturated carbocycles. The van der Waals surface area contributed by atoms with Crippen LogP contribution < -0.4 is 16.2 Å². The largest absolute Gasteiger partial charge is 0.505 e. The van der Waals surface area contributed by atoms with E-state index >= 15 is 0 Å². The molecule has 3 rings (SSSR count). The molecule has 0 amide bonds. The average Bonchev–Trinajstić information content (AvgIpc) is 3.09. The highest BCUT2D eigenvalue weighted by atomic mass is 32.2. The summed E-state index contributed by atoms with van der Waals surface area (Å²) in [5, 5.41) is 19.7. The maximum absolute atomic E-state index is 12.3. The van der Waals surface area contributed by atoms with Crippen molar-refractivity contribution in [1.82, 2.24) is 15.0 Å². The van der Waals surface area contributed by atoms with Crippen LogP contribution >= 0.6 is 0 Å². The summed E-state index contributed by atoms with van der Waals surface area (Å²) in [4.78, 5) is 1.41. The molecule has 30 heavy (non-hydrogen) atoms. The molecule has 162 valence electrons. The van der Waals surface area contributed by atoms with Crippen molar-refractivity contribution >= 4 is 20.9 Å². The molecule has 1 aromatic heterocycles. The summed E-state index contributed by atoms with van der Waals surface area (Å²) in [5.41, 5.74) is 12.5. The van der Waals surface area contributed by atoms with Gasteiger partial charge in [0.25, 0.3) is 0 Å². The van der Waals surface area contributed by atoms with E-state index in [4.69, 9.17) is 16.2 Å². The van der Waals surface area contributed by atoms with E-state index in [1.54, 1.807) is 18.2 Å².